The van der Waals surface area contributed by atoms with E-state index in [2.05, 4.69) is 72.5 Å². The summed E-state index contributed by atoms with van der Waals surface area (Å²) >= 11 is 0. The molecule has 0 aliphatic rings. The maximum atomic E-state index is 12.0. The molecule has 0 saturated carbocycles. The van der Waals surface area contributed by atoms with Gasteiger partial charge < -0.3 is 9.05 Å². The molecule has 0 spiro atoms. The van der Waals surface area contributed by atoms with Crippen LogP contribution in [0.25, 0.3) is 11.0 Å². The summed E-state index contributed by atoms with van der Waals surface area (Å²) < 4.78 is 4.02. The Morgan fingerprint density at radius 3 is 2.23 bits per heavy atom. The van der Waals surface area contributed by atoms with E-state index in [0.717, 1.165) is 77.3 Å². The van der Waals surface area contributed by atoms with Crippen LogP contribution in [0.1, 0.15) is 56.6 Å². The number of carbonyl (C=O) groups excluding carboxylic acids is 1. The Kier molecular flexibility index (Phi) is 8.55. The summed E-state index contributed by atoms with van der Waals surface area (Å²) in [6, 6.07) is 4.47. The number of aldehydes is 1. The van der Waals surface area contributed by atoms with Crippen LogP contribution < -0.4 is 9.97 Å². The highest BCUT2D eigenvalue weighted by molar-refractivity contribution is 5.84. The summed E-state index contributed by atoms with van der Waals surface area (Å²) in [6.45, 7) is 16.7. The largest absolute Gasteiger partial charge is 0.329 e. The Morgan fingerprint density at radius 1 is 1.06 bits per heavy atom. The van der Waals surface area contributed by atoms with E-state index in [0.29, 0.717) is 12.2 Å². The third kappa shape index (κ3) is 5.60. The second-order valence-corrected chi connectivity index (χ2v) is 9.56. The van der Waals surface area contributed by atoms with E-state index in [9.17, 15) is 4.79 Å². The van der Waals surface area contributed by atoms with Crippen molar-refractivity contribution in [3.63, 3.8) is 0 Å². The minimum atomic E-state index is 0.444. The predicted molar refractivity (Wildman–Crippen MR) is 132 cm³/mol. The molecule has 0 N–H and O–H groups in total. The number of quaternary nitrogens is 2. The molecule has 0 saturated heterocycles. The van der Waals surface area contributed by atoms with E-state index in [1.54, 1.807) is 0 Å². The lowest BCUT2D eigenvalue weighted by Crippen LogP contribution is -2.49. The molecular formula is C25H43N5O+2. The normalized spacial score (nSPS) is 13.2. The maximum Gasteiger partial charge on any atom is 0.172 e. The molecule has 0 aliphatic heterocycles. The van der Waals surface area contributed by atoms with Crippen molar-refractivity contribution in [2.45, 2.75) is 54.0 Å². The van der Waals surface area contributed by atoms with Crippen molar-refractivity contribution < 1.29 is 9.28 Å². The van der Waals surface area contributed by atoms with Crippen LogP contribution in [-0.4, -0.2) is 74.2 Å². The number of likely N-dealkylation sites (N-methyl/N-ethyl adjacent to an activating group) is 1. The van der Waals surface area contributed by atoms with Crippen LogP contribution >= 0.6 is 0 Å². The molecular weight excluding hydrogens is 386 g/mol. The molecule has 31 heavy (non-hydrogen) atoms. The molecule has 0 radical (unpaired) electrons. The molecule has 0 atom stereocenters. The number of aryl methyl sites for hydroxylation is 2. The quantitative estimate of drug-likeness (QED) is 0.401. The van der Waals surface area contributed by atoms with E-state index < -0.39 is 0 Å². The highest BCUT2D eigenvalue weighted by Gasteiger charge is 2.27. The number of carbonyl (C=O) groups is 1. The zero-order chi connectivity index (χ0) is 23.2. The fourth-order valence-electron chi connectivity index (χ4n) is 4.34. The Labute approximate surface area is 188 Å². The number of aromatic nitrogens is 2. The van der Waals surface area contributed by atoms with Gasteiger partial charge in [-0.1, -0.05) is 13.3 Å². The number of nitrogens with zero attached hydrogens (tertiary/aromatic N) is 5. The molecule has 1 aromatic carbocycles. The fourth-order valence-corrected chi connectivity index (χ4v) is 4.34. The standard InChI is InChI=1S/C25H43N5O/c1-9-13-15-28-23-18-24(30(10-2,11-3)12-4)20(5)17-21(23)27-22(19-31)25(28)26-14-16-29(6,7)8/h17-19H,9-16H2,1-8H3/q+2. The van der Waals surface area contributed by atoms with E-state index in [-0.39, 0.29) is 0 Å². The number of unbranched alkanes of at least 4 members (excludes halogenated alkanes) is 1. The highest BCUT2D eigenvalue weighted by atomic mass is 16.1. The smallest absolute Gasteiger partial charge is 0.172 e. The van der Waals surface area contributed by atoms with E-state index in [4.69, 9.17) is 9.98 Å². The van der Waals surface area contributed by atoms with E-state index in [1.165, 1.54) is 11.3 Å². The van der Waals surface area contributed by atoms with Crippen molar-refractivity contribution in [2.75, 3.05) is 53.9 Å². The number of hydrogen-bond donors (Lipinski definition) is 0. The predicted octanol–water partition coefficient (Wildman–Crippen LogP) is 3.93. The summed E-state index contributed by atoms with van der Waals surface area (Å²) in [6.07, 6.45) is 2.99. The Morgan fingerprint density at radius 2 is 1.71 bits per heavy atom. The van der Waals surface area contributed by atoms with Gasteiger partial charge in [-0.25, -0.2) is 4.98 Å². The summed E-state index contributed by atoms with van der Waals surface area (Å²) in [5.41, 5.74) is 5.72. The van der Waals surface area contributed by atoms with Gasteiger partial charge in [-0.15, -0.1) is 0 Å². The molecule has 6 heteroatoms. The second kappa shape index (κ2) is 10.5. The van der Waals surface area contributed by atoms with Crippen LogP contribution in [0.4, 0.5) is 5.69 Å². The zero-order valence-electron chi connectivity index (χ0n) is 21.0. The maximum absolute atomic E-state index is 12.0. The Hall–Kier alpha value is -2.05. The van der Waals surface area contributed by atoms with Crippen molar-refractivity contribution in [3.8, 4) is 0 Å². The molecule has 1 heterocycles. The van der Waals surface area contributed by atoms with Crippen LogP contribution in [0.15, 0.2) is 17.1 Å². The van der Waals surface area contributed by atoms with E-state index >= 15 is 0 Å². The van der Waals surface area contributed by atoms with Crippen LogP contribution in [0.2, 0.25) is 0 Å². The van der Waals surface area contributed by atoms with Crippen LogP contribution in [0.3, 0.4) is 0 Å². The lowest BCUT2D eigenvalue weighted by molar-refractivity contribution is -0.868. The lowest BCUT2D eigenvalue weighted by atomic mass is 10.1. The molecule has 172 valence electrons. The topological polar surface area (TPSA) is 47.2 Å². The van der Waals surface area contributed by atoms with Crippen molar-refractivity contribution >= 4 is 23.0 Å². The van der Waals surface area contributed by atoms with Gasteiger partial charge in [-0.2, -0.15) is 0 Å². The molecule has 2 aromatic rings. The van der Waals surface area contributed by atoms with Crippen molar-refractivity contribution in [1.82, 2.24) is 14.0 Å². The van der Waals surface area contributed by atoms with Gasteiger partial charge in [0.05, 0.1) is 64.9 Å². The fraction of sp³-hybridized carbons (Fsp3) is 0.640. The highest BCUT2D eigenvalue weighted by Crippen LogP contribution is 2.31. The molecule has 0 fully saturated rings. The van der Waals surface area contributed by atoms with Gasteiger partial charge in [0.25, 0.3) is 0 Å². The van der Waals surface area contributed by atoms with Crippen LogP contribution in [-0.2, 0) is 6.54 Å². The molecule has 2 rings (SSSR count). The summed E-state index contributed by atoms with van der Waals surface area (Å²) in [7, 11) is 6.48. The molecule has 0 bridgehead atoms. The third-order valence-corrected chi connectivity index (χ3v) is 6.52. The molecule has 0 aliphatic carbocycles. The minimum absolute atomic E-state index is 0.444. The zero-order valence-corrected chi connectivity index (χ0v) is 21.0. The molecule has 0 unspecified atom stereocenters. The van der Waals surface area contributed by atoms with Crippen LogP contribution in [0.5, 0.6) is 0 Å². The van der Waals surface area contributed by atoms with Gasteiger partial charge in [0.1, 0.15) is 11.4 Å². The average molecular weight is 430 g/mol. The monoisotopic (exact) mass is 429 g/mol. The first-order valence-electron chi connectivity index (χ1n) is 11.8. The van der Waals surface area contributed by atoms with E-state index in [1.807, 2.05) is 0 Å². The second-order valence-electron chi connectivity index (χ2n) is 9.56. The molecule has 1 aromatic heterocycles. The lowest BCUT2D eigenvalue weighted by Gasteiger charge is -2.36. The van der Waals surface area contributed by atoms with Crippen LogP contribution in [0, 0.1) is 6.92 Å². The summed E-state index contributed by atoms with van der Waals surface area (Å²) in [5, 5.41) is 0. The SMILES string of the molecule is CCCCn1c(=NCC[N+](C)(C)C)c(C=O)nc2cc(C)c([N+](CC)(CC)CC)cc21. The van der Waals surface area contributed by atoms with Gasteiger partial charge in [0.2, 0.25) is 0 Å². The summed E-state index contributed by atoms with van der Waals surface area (Å²) in [5.74, 6) is 0. The van der Waals surface area contributed by atoms with Crippen molar-refractivity contribution in [3.05, 3.63) is 28.9 Å². The van der Waals surface area contributed by atoms with Gasteiger partial charge >= 0.3 is 0 Å². The molecule has 6 nitrogen and oxygen atoms in total. The van der Waals surface area contributed by atoms with Gasteiger partial charge in [0.15, 0.2) is 11.8 Å². The first-order chi connectivity index (χ1) is 14.7. The van der Waals surface area contributed by atoms with Gasteiger partial charge in [-0.3, -0.25) is 14.3 Å². The first kappa shape index (κ1) is 25.2. The average Bonchev–Trinajstić information content (AvgIpc) is 2.73. The number of benzene rings is 1. The van der Waals surface area contributed by atoms with Crippen molar-refractivity contribution in [1.29, 1.82) is 0 Å². The van der Waals surface area contributed by atoms with Gasteiger partial charge in [0, 0.05) is 18.2 Å². The Bertz CT molecular complexity index is 956. The molecule has 0 amide bonds. The number of hydrogen-bond acceptors (Lipinski definition) is 3. The Balaban J connectivity index is 2.84. The van der Waals surface area contributed by atoms with Crippen molar-refractivity contribution in [2.24, 2.45) is 4.99 Å². The first-order valence-corrected chi connectivity index (χ1v) is 11.8. The number of fused-ring (bicyclic) bond motifs is 1. The number of rotatable bonds is 11. The van der Waals surface area contributed by atoms with Gasteiger partial charge in [-0.05, 0) is 40.2 Å². The third-order valence-electron chi connectivity index (χ3n) is 6.52. The minimum Gasteiger partial charge on any atom is -0.329 e. The summed E-state index contributed by atoms with van der Waals surface area (Å²) in [4.78, 5) is 21.6.